The third kappa shape index (κ3) is 4.04. The Morgan fingerprint density at radius 2 is 1.26 bits per heavy atom. The van der Waals surface area contributed by atoms with Crippen LogP contribution in [0.5, 0.6) is 0 Å². The number of aryl methyl sites for hydroxylation is 2. The van der Waals surface area contributed by atoms with Crippen molar-refractivity contribution < 1.29 is 0 Å². The molecule has 2 aromatic carbocycles. The molecule has 0 spiro atoms. The van der Waals surface area contributed by atoms with Crippen LogP contribution in [-0.2, 0) is 0 Å². The van der Waals surface area contributed by atoms with Gasteiger partial charge in [-0.25, -0.2) is 0 Å². The largest absolute Gasteiger partial charge is 0.0636 e. The van der Waals surface area contributed by atoms with E-state index in [2.05, 4.69) is 97.9 Å². The number of benzene rings is 2. The molecule has 0 amide bonds. The van der Waals surface area contributed by atoms with E-state index in [1.54, 1.807) is 0 Å². The molecule has 1 heteroatoms. The zero-order valence-corrected chi connectivity index (χ0v) is 16.9. The fourth-order valence-corrected chi connectivity index (χ4v) is 7.87. The van der Waals surface area contributed by atoms with Gasteiger partial charge in [-0.1, -0.05) is 97.5 Å². The smallest absolute Gasteiger partial charge is 0.0104 e. The Labute approximate surface area is 144 Å². The van der Waals surface area contributed by atoms with Crippen LogP contribution in [-0.4, -0.2) is 10.3 Å². The molecule has 0 fully saturated rings. The molecule has 0 saturated carbocycles. The highest BCUT2D eigenvalue weighted by atomic mass is 31.1. The minimum Gasteiger partial charge on any atom is -0.0636 e. The van der Waals surface area contributed by atoms with Gasteiger partial charge < -0.3 is 0 Å². The number of hydrogen-bond acceptors (Lipinski definition) is 0. The summed E-state index contributed by atoms with van der Waals surface area (Å²) in [5, 5.41) is 2.10. The third-order valence-corrected chi connectivity index (χ3v) is 7.71. The maximum absolute atomic E-state index is 2.39. The molecule has 0 aliphatic rings. The highest BCUT2D eigenvalue weighted by Gasteiger charge is 2.36. The minimum atomic E-state index is -0.302. The predicted molar refractivity (Wildman–Crippen MR) is 107 cm³/mol. The first-order chi connectivity index (χ1) is 10.5. The van der Waals surface area contributed by atoms with Gasteiger partial charge in [-0.3, -0.25) is 0 Å². The Hall–Kier alpha value is -1.13. The lowest BCUT2D eigenvalue weighted by Crippen LogP contribution is -2.31. The molecular formula is C22H31P. The Morgan fingerprint density at radius 3 is 1.78 bits per heavy atom. The van der Waals surface area contributed by atoms with Gasteiger partial charge in [0.05, 0.1) is 0 Å². The van der Waals surface area contributed by atoms with Crippen LogP contribution >= 0.6 is 7.92 Å². The summed E-state index contributed by atoms with van der Waals surface area (Å²) in [6, 6.07) is 15.9. The second-order valence-corrected chi connectivity index (χ2v) is 12.3. The van der Waals surface area contributed by atoms with Crippen molar-refractivity contribution in [3.8, 4) is 11.1 Å². The summed E-state index contributed by atoms with van der Waals surface area (Å²) in [7, 11) is -0.302. The van der Waals surface area contributed by atoms with Gasteiger partial charge in [-0.2, -0.15) is 0 Å². The molecule has 0 bridgehead atoms. The fourth-order valence-electron chi connectivity index (χ4n) is 3.74. The summed E-state index contributed by atoms with van der Waals surface area (Å²) < 4.78 is 0. The molecule has 0 aliphatic heterocycles. The van der Waals surface area contributed by atoms with Crippen molar-refractivity contribution in [2.45, 2.75) is 65.7 Å². The van der Waals surface area contributed by atoms with Crippen molar-refractivity contribution in [3.63, 3.8) is 0 Å². The quantitative estimate of drug-likeness (QED) is 0.540. The molecule has 0 saturated heterocycles. The monoisotopic (exact) mass is 326 g/mol. The second kappa shape index (κ2) is 6.40. The highest BCUT2D eigenvalue weighted by Crippen LogP contribution is 2.59. The summed E-state index contributed by atoms with van der Waals surface area (Å²) in [4.78, 5) is 0. The predicted octanol–water partition coefficient (Wildman–Crippen LogP) is 6.67. The van der Waals surface area contributed by atoms with E-state index in [0.717, 1.165) is 0 Å². The highest BCUT2D eigenvalue weighted by molar-refractivity contribution is 7.68. The molecule has 0 N–H and O–H groups in total. The zero-order valence-electron chi connectivity index (χ0n) is 16.0. The normalized spacial score (nSPS) is 12.7. The molecule has 0 aromatic heterocycles. The van der Waals surface area contributed by atoms with Crippen LogP contribution in [0.3, 0.4) is 0 Å². The van der Waals surface area contributed by atoms with E-state index in [0.29, 0.717) is 0 Å². The summed E-state index contributed by atoms with van der Waals surface area (Å²) in [5.74, 6) is 0. The third-order valence-electron chi connectivity index (χ3n) is 4.16. The molecule has 0 atom stereocenters. The molecular weight excluding hydrogens is 295 g/mol. The zero-order chi connectivity index (χ0) is 17.4. The van der Waals surface area contributed by atoms with E-state index < -0.39 is 0 Å². The number of hydrogen-bond donors (Lipinski definition) is 0. The minimum absolute atomic E-state index is 0.280. The average molecular weight is 326 g/mol. The van der Waals surface area contributed by atoms with Gasteiger partial charge in [0.15, 0.2) is 0 Å². The van der Waals surface area contributed by atoms with Gasteiger partial charge >= 0.3 is 0 Å². The maximum Gasteiger partial charge on any atom is -0.0104 e. The summed E-state index contributed by atoms with van der Waals surface area (Å²) in [5.41, 5.74) is 5.50. The first kappa shape index (κ1) is 18.2. The van der Waals surface area contributed by atoms with Crippen molar-refractivity contribution in [3.05, 3.63) is 53.6 Å². The van der Waals surface area contributed by atoms with E-state index in [1.807, 2.05) is 0 Å². The molecule has 0 heterocycles. The topological polar surface area (TPSA) is 0 Å². The van der Waals surface area contributed by atoms with Crippen LogP contribution in [0, 0.1) is 13.8 Å². The van der Waals surface area contributed by atoms with Gasteiger partial charge in [0, 0.05) is 0 Å². The molecule has 23 heavy (non-hydrogen) atoms. The van der Waals surface area contributed by atoms with Crippen LogP contribution in [0.25, 0.3) is 11.1 Å². The first-order valence-electron chi connectivity index (χ1n) is 8.49. The molecule has 2 rings (SSSR count). The van der Waals surface area contributed by atoms with Gasteiger partial charge in [-0.15, -0.1) is 0 Å². The van der Waals surface area contributed by atoms with Crippen LogP contribution in [0.15, 0.2) is 42.5 Å². The van der Waals surface area contributed by atoms with Crippen LogP contribution in [0.1, 0.15) is 52.7 Å². The van der Waals surface area contributed by atoms with Gasteiger partial charge in [-0.05, 0) is 46.2 Å². The molecule has 0 nitrogen and oxygen atoms in total. The molecule has 0 aliphatic carbocycles. The van der Waals surface area contributed by atoms with Crippen molar-refractivity contribution in [2.75, 3.05) is 0 Å². The van der Waals surface area contributed by atoms with Crippen LogP contribution < -0.4 is 5.30 Å². The SMILES string of the molecule is Cc1ccc(-c2ccccc2P(C(C)(C)C)C(C)(C)C)c(C)c1. The lowest BCUT2D eigenvalue weighted by Gasteiger charge is -2.42. The molecule has 0 unspecified atom stereocenters. The van der Waals surface area contributed by atoms with Gasteiger partial charge in [0.25, 0.3) is 0 Å². The Balaban J connectivity index is 2.70. The summed E-state index contributed by atoms with van der Waals surface area (Å²) in [6.45, 7) is 18.7. The lowest BCUT2D eigenvalue weighted by atomic mass is 9.99. The van der Waals surface area contributed by atoms with E-state index in [-0.39, 0.29) is 18.2 Å². The Bertz CT molecular complexity index is 670. The van der Waals surface area contributed by atoms with E-state index in [9.17, 15) is 0 Å². The first-order valence-corrected chi connectivity index (χ1v) is 9.83. The molecule has 2 aromatic rings. The van der Waals surface area contributed by atoms with E-state index in [1.165, 1.54) is 27.6 Å². The Kier molecular flexibility index (Phi) is 5.07. The van der Waals surface area contributed by atoms with Gasteiger partial charge in [0.1, 0.15) is 0 Å². The van der Waals surface area contributed by atoms with E-state index in [4.69, 9.17) is 0 Å². The van der Waals surface area contributed by atoms with Crippen molar-refractivity contribution in [1.29, 1.82) is 0 Å². The Morgan fingerprint density at radius 1 is 0.696 bits per heavy atom. The van der Waals surface area contributed by atoms with Crippen molar-refractivity contribution in [2.24, 2.45) is 0 Å². The fraction of sp³-hybridized carbons (Fsp3) is 0.455. The summed E-state index contributed by atoms with van der Waals surface area (Å²) >= 11 is 0. The molecule has 124 valence electrons. The number of rotatable bonds is 2. The second-order valence-electron chi connectivity index (χ2n) is 8.51. The van der Waals surface area contributed by atoms with E-state index >= 15 is 0 Å². The van der Waals surface area contributed by atoms with Gasteiger partial charge in [0.2, 0.25) is 0 Å². The van der Waals surface area contributed by atoms with Crippen LogP contribution in [0.4, 0.5) is 0 Å². The average Bonchev–Trinajstić information content (AvgIpc) is 2.36. The van der Waals surface area contributed by atoms with Crippen LogP contribution in [0.2, 0.25) is 0 Å². The summed E-state index contributed by atoms with van der Waals surface area (Å²) in [6.07, 6.45) is 0. The maximum atomic E-state index is 2.39. The lowest BCUT2D eigenvalue weighted by molar-refractivity contribution is 0.715. The molecule has 0 radical (unpaired) electrons. The standard InChI is InChI=1S/C22H31P/c1-16-13-14-18(17(2)15-16)19-11-9-10-12-20(19)23(21(3,4)5)22(6,7)8/h9-15H,1-8H3. The van der Waals surface area contributed by atoms with Crippen molar-refractivity contribution >= 4 is 13.2 Å². The van der Waals surface area contributed by atoms with Crippen molar-refractivity contribution in [1.82, 2.24) is 0 Å².